The molecule has 0 bridgehead atoms. The average molecular weight is 314 g/mol. The number of Topliss-reactive ketones (excluding diaryl/α,β-unsaturated/α-hetero) is 1. The Balaban J connectivity index is 1.80. The quantitative estimate of drug-likeness (QED) is 0.861. The SMILES string of the molecule is COCc1cncc2c1CCN(C(=O)c1cc(C(C)=O)n[nH]1)C2. The lowest BCUT2D eigenvalue weighted by atomic mass is 9.97. The number of nitrogens with one attached hydrogen (secondary N) is 1. The Bertz CT molecular complexity index is 754. The molecule has 2 aromatic heterocycles. The lowest BCUT2D eigenvalue weighted by Crippen LogP contribution is -2.36. The van der Waals surface area contributed by atoms with Crippen LogP contribution in [0.2, 0.25) is 0 Å². The second-order valence-corrected chi connectivity index (χ2v) is 5.57. The number of hydrogen-bond donors (Lipinski definition) is 1. The minimum atomic E-state index is -0.169. The molecule has 0 spiro atoms. The van der Waals surface area contributed by atoms with Crippen LogP contribution >= 0.6 is 0 Å². The van der Waals surface area contributed by atoms with Crippen molar-refractivity contribution >= 4 is 11.7 Å². The van der Waals surface area contributed by atoms with E-state index < -0.39 is 0 Å². The van der Waals surface area contributed by atoms with Gasteiger partial charge in [0.25, 0.3) is 5.91 Å². The number of fused-ring (bicyclic) bond motifs is 1. The van der Waals surface area contributed by atoms with Crippen molar-refractivity contribution in [2.75, 3.05) is 13.7 Å². The topological polar surface area (TPSA) is 88.2 Å². The third-order valence-corrected chi connectivity index (χ3v) is 3.98. The Labute approximate surface area is 133 Å². The van der Waals surface area contributed by atoms with Gasteiger partial charge in [0.2, 0.25) is 0 Å². The van der Waals surface area contributed by atoms with Crippen LogP contribution in [0.25, 0.3) is 0 Å². The van der Waals surface area contributed by atoms with Gasteiger partial charge < -0.3 is 9.64 Å². The normalized spacial score (nSPS) is 13.7. The molecule has 0 radical (unpaired) electrons. The molecule has 1 amide bonds. The number of H-pyrrole nitrogens is 1. The number of carbonyl (C=O) groups is 2. The molecule has 0 unspecified atom stereocenters. The van der Waals surface area contributed by atoms with E-state index in [1.54, 1.807) is 18.2 Å². The maximum absolute atomic E-state index is 12.6. The number of hydrogen-bond acceptors (Lipinski definition) is 5. The van der Waals surface area contributed by atoms with Crippen molar-refractivity contribution in [2.45, 2.75) is 26.5 Å². The molecule has 2 aromatic rings. The summed E-state index contributed by atoms with van der Waals surface area (Å²) in [5.74, 6) is -0.328. The zero-order valence-corrected chi connectivity index (χ0v) is 13.1. The molecular formula is C16H18N4O3. The Morgan fingerprint density at radius 1 is 1.39 bits per heavy atom. The van der Waals surface area contributed by atoms with Crippen molar-refractivity contribution in [1.29, 1.82) is 0 Å². The number of nitrogens with zero attached hydrogens (tertiary/aromatic N) is 3. The molecule has 0 saturated heterocycles. The van der Waals surface area contributed by atoms with E-state index in [4.69, 9.17) is 4.74 Å². The second-order valence-electron chi connectivity index (χ2n) is 5.57. The van der Waals surface area contributed by atoms with Gasteiger partial charge in [-0.2, -0.15) is 5.10 Å². The van der Waals surface area contributed by atoms with Gasteiger partial charge in [0.1, 0.15) is 11.4 Å². The van der Waals surface area contributed by atoms with E-state index in [1.807, 2.05) is 6.20 Å². The third kappa shape index (κ3) is 3.00. The number of amides is 1. The summed E-state index contributed by atoms with van der Waals surface area (Å²) in [6.45, 7) is 3.05. The molecule has 7 nitrogen and oxygen atoms in total. The highest BCUT2D eigenvalue weighted by Gasteiger charge is 2.25. The minimum absolute atomic E-state index is 0.159. The number of methoxy groups -OCH3 is 1. The Hall–Kier alpha value is -2.54. The number of aromatic amines is 1. The van der Waals surface area contributed by atoms with Crippen LogP contribution < -0.4 is 0 Å². The largest absolute Gasteiger partial charge is 0.380 e. The maximum atomic E-state index is 12.6. The standard InChI is InChI=1S/C16H18N4O3/c1-10(21)14-5-15(19-18-14)16(22)20-4-3-13-11(8-20)6-17-7-12(13)9-23-2/h5-7H,3-4,8-9H2,1-2H3,(H,18,19). The van der Waals surface area contributed by atoms with Gasteiger partial charge in [-0.25, -0.2) is 0 Å². The van der Waals surface area contributed by atoms with E-state index in [2.05, 4.69) is 15.2 Å². The Kier molecular flexibility index (Phi) is 4.20. The number of pyridine rings is 1. The van der Waals surface area contributed by atoms with Gasteiger partial charge in [0, 0.05) is 39.5 Å². The molecule has 0 saturated carbocycles. The Morgan fingerprint density at radius 3 is 2.91 bits per heavy atom. The summed E-state index contributed by atoms with van der Waals surface area (Å²) < 4.78 is 5.20. The smallest absolute Gasteiger partial charge is 0.272 e. The maximum Gasteiger partial charge on any atom is 0.272 e. The van der Waals surface area contributed by atoms with Crippen molar-refractivity contribution in [3.8, 4) is 0 Å². The van der Waals surface area contributed by atoms with Gasteiger partial charge >= 0.3 is 0 Å². The first-order chi connectivity index (χ1) is 11.1. The second kappa shape index (κ2) is 6.29. The van der Waals surface area contributed by atoms with E-state index in [1.165, 1.54) is 18.6 Å². The van der Waals surface area contributed by atoms with Gasteiger partial charge in [-0.3, -0.25) is 19.7 Å². The summed E-state index contributed by atoms with van der Waals surface area (Å²) >= 11 is 0. The van der Waals surface area contributed by atoms with Crippen molar-refractivity contribution < 1.29 is 14.3 Å². The molecule has 3 heterocycles. The average Bonchev–Trinajstić information content (AvgIpc) is 3.04. The minimum Gasteiger partial charge on any atom is -0.380 e. The molecule has 0 aromatic carbocycles. The summed E-state index contributed by atoms with van der Waals surface area (Å²) in [5.41, 5.74) is 3.91. The zero-order chi connectivity index (χ0) is 16.4. The fourth-order valence-corrected chi connectivity index (χ4v) is 2.80. The lowest BCUT2D eigenvalue weighted by Gasteiger charge is -2.29. The molecule has 120 valence electrons. The summed E-state index contributed by atoms with van der Waals surface area (Å²) in [7, 11) is 1.66. The Morgan fingerprint density at radius 2 is 2.22 bits per heavy atom. The highest BCUT2D eigenvalue weighted by molar-refractivity contribution is 5.97. The van der Waals surface area contributed by atoms with E-state index in [9.17, 15) is 9.59 Å². The predicted octanol–water partition coefficient (Wildman–Crippen LogP) is 1.35. The third-order valence-electron chi connectivity index (χ3n) is 3.98. The number of aromatic nitrogens is 3. The van der Waals surface area contributed by atoms with Crippen LogP contribution in [0.5, 0.6) is 0 Å². The molecule has 1 aliphatic rings. The van der Waals surface area contributed by atoms with Crippen LogP contribution in [0.3, 0.4) is 0 Å². The van der Waals surface area contributed by atoms with Gasteiger partial charge in [0.15, 0.2) is 5.78 Å². The fraction of sp³-hybridized carbons (Fsp3) is 0.375. The fourth-order valence-electron chi connectivity index (χ4n) is 2.80. The summed E-state index contributed by atoms with van der Waals surface area (Å²) in [6, 6.07) is 1.50. The van der Waals surface area contributed by atoms with Gasteiger partial charge in [-0.05, 0) is 29.2 Å². The molecule has 0 atom stereocenters. The van der Waals surface area contributed by atoms with Crippen molar-refractivity contribution in [3.05, 3.63) is 46.5 Å². The molecule has 23 heavy (non-hydrogen) atoms. The van der Waals surface area contributed by atoms with Crippen molar-refractivity contribution in [3.63, 3.8) is 0 Å². The monoisotopic (exact) mass is 314 g/mol. The van der Waals surface area contributed by atoms with Gasteiger partial charge in [-0.15, -0.1) is 0 Å². The van der Waals surface area contributed by atoms with E-state index in [-0.39, 0.29) is 17.4 Å². The number of ether oxygens (including phenoxy) is 1. The van der Waals surface area contributed by atoms with Crippen LogP contribution in [0.15, 0.2) is 18.5 Å². The first-order valence-corrected chi connectivity index (χ1v) is 7.39. The van der Waals surface area contributed by atoms with Crippen LogP contribution in [-0.4, -0.2) is 45.4 Å². The molecule has 0 fully saturated rings. The highest BCUT2D eigenvalue weighted by atomic mass is 16.5. The van der Waals surface area contributed by atoms with Crippen molar-refractivity contribution in [1.82, 2.24) is 20.1 Å². The van der Waals surface area contributed by atoms with Gasteiger partial charge in [0.05, 0.1) is 6.61 Å². The molecule has 0 aliphatic carbocycles. The molecule has 7 heteroatoms. The lowest BCUT2D eigenvalue weighted by molar-refractivity contribution is 0.0727. The molecule has 1 aliphatic heterocycles. The van der Waals surface area contributed by atoms with E-state index in [0.717, 1.165) is 17.5 Å². The summed E-state index contributed by atoms with van der Waals surface area (Å²) in [6.07, 6.45) is 4.37. The predicted molar refractivity (Wildman–Crippen MR) is 82.0 cm³/mol. The molecule has 3 rings (SSSR count). The summed E-state index contributed by atoms with van der Waals surface area (Å²) in [5, 5.41) is 6.51. The molecule has 1 N–H and O–H groups in total. The van der Waals surface area contributed by atoms with Crippen LogP contribution in [0.4, 0.5) is 0 Å². The van der Waals surface area contributed by atoms with Crippen molar-refractivity contribution in [2.24, 2.45) is 0 Å². The van der Waals surface area contributed by atoms with Gasteiger partial charge in [-0.1, -0.05) is 0 Å². The highest BCUT2D eigenvalue weighted by Crippen LogP contribution is 2.23. The number of carbonyl (C=O) groups excluding carboxylic acids is 2. The van der Waals surface area contributed by atoms with E-state index >= 15 is 0 Å². The van der Waals surface area contributed by atoms with Crippen LogP contribution in [0, 0.1) is 0 Å². The number of ketones is 1. The first kappa shape index (κ1) is 15.4. The number of rotatable bonds is 4. The zero-order valence-electron chi connectivity index (χ0n) is 13.1. The first-order valence-electron chi connectivity index (χ1n) is 7.39. The van der Waals surface area contributed by atoms with E-state index in [0.29, 0.717) is 25.4 Å². The van der Waals surface area contributed by atoms with Crippen LogP contribution in [-0.2, 0) is 24.3 Å². The molecular weight excluding hydrogens is 296 g/mol. The summed E-state index contributed by atoms with van der Waals surface area (Å²) in [4.78, 5) is 29.8. The van der Waals surface area contributed by atoms with Crippen LogP contribution in [0.1, 0.15) is 44.6 Å².